The van der Waals surface area contributed by atoms with Gasteiger partial charge in [-0.25, -0.2) is 4.99 Å². The molecule has 0 saturated heterocycles. The van der Waals surface area contributed by atoms with E-state index in [4.69, 9.17) is 10.7 Å². The molecule has 65 heavy (non-hydrogen) atoms. The van der Waals surface area contributed by atoms with Crippen molar-refractivity contribution in [3.8, 4) is 44.5 Å². The summed E-state index contributed by atoms with van der Waals surface area (Å²) in [6.45, 7) is 0. The van der Waals surface area contributed by atoms with Crippen molar-refractivity contribution >= 4 is 22.3 Å². The summed E-state index contributed by atoms with van der Waals surface area (Å²) in [5, 5.41) is 2.27. The zero-order chi connectivity index (χ0) is 43.6. The van der Waals surface area contributed by atoms with Gasteiger partial charge in [0.15, 0.2) is 0 Å². The summed E-state index contributed by atoms with van der Waals surface area (Å²) in [6, 6.07) is 89.5. The highest BCUT2D eigenvalue weighted by Crippen LogP contribution is 2.59. The highest BCUT2D eigenvalue weighted by molar-refractivity contribution is 6.07. The Kier molecular flexibility index (Phi) is 10.4. The number of nitrogens with two attached hydrogens (primary N) is 1. The molecule has 0 unspecified atom stereocenters. The predicted octanol–water partition coefficient (Wildman–Crippen LogP) is 15.2. The Morgan fingerprint density at radius 2 is 0.908 bits per heavy atom. The maximum Gasteiger partial charge on any atom is 0.131 e. The summed E-state index contributed by atoms with van der Waals surface area (Å²) in [7, 11) is 0. The van der Waals surface area contributed by atoms with E-state index in [0.717, 1.165) is 27.6 Å². The molecule has 0 spiro atoms. The number of allylic oxidation sites excluding steroid dienone is 1. The van der Waals surface area contributed by atoms with E-state index in [2.05, 4.69) is 224 Å². The zero-order valence-electron chi connectivity index (χ0n) is 36.0. The molecule has 0 saturated carbocycles. The Morgan fingerprint density at radius 1 is 0.415 bits per heavy atom. The monoisotopic (exact) mass is 830 g/mol. The molecule has 308 valence electrons. The van der Waals surface area contributed by atoms with Crippen LogP contribution in [0.1, 0.15) is 38.9 Å². The van der Waals surface area contributed by atoms with Crippen LogP contribution in [-0.2, 0) is 11.8 Å². The maximum atomic E-state index is 6.92. The third-order valence-electron chi connectivity index (χ3n) is 13.0. The molecule has 0 heterocycles. The Bertz CT molecular complexity index is 3270. The van der Waals surface area contributed by atoms with E-state index in [0.29, 0.717) is 12.3 Å². The van der Waals surface area contributed by atoms with Crippen molar-refractivity contribution in [2.24, 2.45) is 10.7 Å². The second-order valence-corrected chi connectivity index (χ2v) is 16.8. The number of fused-ring (bicyclic) bond motifs is 4. The first-order valence-electron chi connectivity index (χ1n) is 22.4. The Morgan fingerprint density at radius 3 is 1.52 bits per heavy atom. The van der Waals surface area contributed by atoms with Crippen LogP contribution >= 0.6 is 0 Å². The van der Waals surface area contributed by atoms with Gasteiger partial charge >= 0.3 is 0 Å². The van der Waals surface area contributed by atoms with Crippen LogP contribution in [0.4, 0.5) is 0 Å². The van der Waals surface area contributed by atoms with Gasteiger partial charge in [0.1, 0.15) is 5.84 Å². The molecular formula is C63H46N2. The number of hydrogen-bond acceptors (Lipinski definition) is 1. The van der Waals surface area contributed by atoms with Crippen molar-refractivity contribution in [1.29, 1.82) is 0 Å². The van der Waals surface area contributed by atoms with Gasteiger partial charge in [-0.3, -0.25) is 0 Å². The molecule has 0 aromatic heterocycles. The number of amidine groups is 1. The molecule has 2 nitrogen and oxygen atoms in total. The molecule has 10 aromatic rings. The summed E-state index contributed by atoms with van der Waals surface area (Å²) in [5.74, 6) is 0.474. The Hall–Kier alpha value is -8.33. The van der Waals surface area contributed by atoms with Crippen LogP contribution in [0.3, 0.4) is 0 Å². The molecule has 0 aliphatic heterocycles. The minimum atomic E-state index is -0.544. The van der Waals surface area contributed by atoms with Crippen LogP contribution in [-0.4, -0.2) is 5.84 Å². The van der Waals surface area contributed by atoms with Crippen molar-refractivity contribution in [2.75, 3.05) is 0 Å². The number of hydrogen-bond donors (Lipinski definition) is 1. The topological polar surface area (TPSA) is 38.4 Å². The summed E-state index contributed by atoms with van der Waals surface area (Å²) >= 11 is 0. The van der Waals surface area contributed by atoms with Crippen molar-refractivity contribution in [3.05, 3.63) is 294 Å². The molecule has 0 bridgehead atoms. The average Bonchev–Trinajstić information content (AvgIpc) is 3.70. The van der Waals surface area contributed by atoms with Gasteiger partial charge in [-0.15, -0.1) is 0 Å². The highest BCUT2D eigenvalue weighted by Gasteiger charge is 2.47. The van der Waals surface area contributed by atoms with Crippen molar-refractivity contribution in [2.45, 2.75) is 11.8 Å². The first kappa shape index (κ1) is 39.5. The Labute approximate surface area is 381 Å². The van der Waals surface area contributed by atoms with Crippen molar-refractivity contribution in [3.63, 3.8) is 0 Å². The van der Waals surface area contributed by atoms with E-state index in [1.165, 1.54) is 72.3 Å². The minimum absolute atomic E-state index is 0.474. The lowest BCUT2D eigenvalue weighted by molar-refractivity contribution is 0.770. The van der Waals surface area contributed by atoms with Crippen molar-refractivity contribution in [1.82, 2.24) is 0 Å². The molecule has 1 aliphatic rings. The fourth-order valence-electron chi connectivity index (χ4n) is 10.1. The number of benzene rings is 10. The quantitative estimate of drug-likeness (QED) is 0.108. The van der Waals surface area contributed by atoms with Crippen LogP contribution in [0.5, 0.6) is 0 Å². The van der Waals surface area contributed by atoms with Crippen LogP contribution < -0.4 is 5.73 Å². The first-order chi connectivity index (χ1) is 32.2. The van der Waals surface area contributed by atoms with Crippen LogP contribution in [0.15, 0.2) is 260 Å². The van der Waals surface area contributed by atoms with E-state index in [-0.39, 0.29) is 0 Å². The third kappa shape index (κ3) is 7.16. The largest absolute Gasteiger partial charge is 0.383 e. The molecule has 0 fully saturated rings. The fourth-order valence-corrected chi connectivity index (χ4v) is 10.1. The highest BCUT2D eigenvalue weighted by atomic mass is 14.9. The molecular weight excluding hydrogens is 785 g/mol. The summed E-state index contributed by atoms with van der Waals surface area (Å²) in [6.07, 6.45) is 2.90. The predicted molar refractivity (Wildman–Crippen MR) is 273 cm³/mol. The molecule has 10 aromatic carbocycles. The molecule has 11 rings (SSSR count). The van der Waals surface area contributed by atoms with Gasteiger partial charge in [-0.2, -0.15) is 0 Å². The Balaban J connectivity index is 1.11. The van der Waals surface area contributed by atoms with E-state index < -0.39 is 5.41 Å². The number of rotatable bonds is 10. The lowest BCUT2D eigenvalue weighted by atomic mass is 9.66. The average molecular weight is 831 g/mol. The van der Waals surface area contributed by atoms with Crippen LogP contribution in [0, 0.1) is 0 Å². The smallest absolute Gasteiger partial charge is 0.131 e. The minimum Gasteiger partial charge on any atom is -0.383 e. The van der Waals surface area contributed by atoms with Crippen LogP contribution in [0.2, 0.25) is 0 Å². The number of nitrogens with zero attached hydrogens (tertiary/aromatic N) is 1. The van der Waals surface area contributed by atoms with E-state index in [1.54, 1.807) is 0 Å². The molecule has 2 N–H and O–H groups in total. The van der Waals surface area contributed by atoms with Gasteiger partial charge in [-0.05, 0) is 95.6 Å². The molecule has 1 aliphatic carbocycles. The van der Waals surface area contributed by atoms with E-state index in [9.17, 15) is 0 Å². The lowest BCUT2D eigenvalue weighted by Gasteiger charge is -2.35. The normalized spacial score (nSPS) is 13.0. The maximum absolute atomic E-state index is 6.92. The van der Waals surface area contributed by atoms with Crippen molar-refractivity contribution < 1.29 is 0 Å². The first-order valence-corrected chi connectivity index (χ1v) is 22.4. The van der Waals surface area contributed by atoms with Gasteiger partial charge in [0, 0.05) is 11.1 Å². The lowest BCUT2D eigenvalue weighted by Crippen LogP contribution is -2.29. The van der Waals surface area contributed by atoms with Gasteiger partial charge in [0.2, 0.25) is 0 Å². The fraction of sp³-hybridized carbons (Fsp3) is 0.0317. The molecule has 2 heteroatoms. The van der Waals surface area contributed by atoms with Gasteiger partial charge in [0.25, 0.3) is 0 Å². The number of aliphatic imine (C=N–C) groups is 1. The molecule has 0 atom stereocenters. The zero-order valence-corrected chi connectivity index (χ0v) is 36.0. The summed E-state index contributed by atoms with van der Waals surface area (Å²) in [4.78, 5) is 5.29. The second-order valence-electron chi connectivity index (χ2n) is 16.8. The van der Waals surface area contributed by atoms with Gasteiger partial charge in [-0.1, -0.05) is 249 Å². The van der Waals surface area contributed by atoms with E-state index in [1.807, 2.05) is 30.3 Å². The van der Waals surface area contributed by atoms with E-state index >= 15 is 0 Å². The standard InChI is InChI=1S/C63H46N2/c64-62(47-25-10-3-11-26-47)65-60(40-37-44-41-48(45-21-6-1-7-22-45)43-49(42-44)46-23-8-2-9-24-46)56-39-38-54(52-31-16-17-32-53(52)56)57-34-20-35-58-55-33-18-19-36-59(55)63(61(57)58,50-27-12-4-13-28-50)51-29-14-5-15-30-51/h1-36,38-43H,37H2,(H2,64,65)/b60-40-. The SMILES string of the molecule is NC(=N/C(=C\Cc1cc(-c2ccccc2)cc(-c2ccccc2)c1)c1ccc(-c2cccc3c2C(c2ccccc2)(c2ccccc2)c2ccccc2-3)c2ccccc12)c1ccccc1. The third-order valence-corrected chi connectivity index (χ3v) is 13.0. The van der Waals surface area contributed by atoms with Crippen LogP contribution in [0.25, 0.3) is 61.0 Å². The summed E-state index contributed by atoms with van der Waals surface area (Å²) < 4.78 is 0. The second kappa shape index (κ2) is 17.1. The summed E-state index contributed by atoms with van der Waals surface area (Å²) in [5.41, 5.74) is 25.0. The molecule has 0 amide bonds. The van der Waals surface area contributed by atoms with Gasteiger partial charge in [0.05, 0.1) is 11.1 Å². The molecule has 0 radical (unpaired) electrons. The van der Waals surface area contributed by atoms with Gasteiger partial charge < -0.3 is 5.73 Å².